The van der Waals surface area contributed by atoms with Gasteiger partial charge in [0.1, 0.15) is 0 Å². The van der Waals surface area contributed by atoms with E-state index in [9.17, 15) is 0 Å². The van der Waals surface area contributed by atoms with Crippen molar-refractivity contribution in [3.8, 4) is 11.1 Å². The number of benzene rings is 2. The Balaban J connectivity index is 1.94. The van der Waals surface area contributed by atoms with Gasteiger partial charge in [0.2, 0.25) is 0 Å². The van der Waals surface area contributed by atoms with Crippen molar-refractivity contribution < 1.29 is 0 Å². The first-order chi connectivity index (χ1) is 9.82. The Morgan fingerprint density at radius 1 is 0.750 bits per heavy atom. The molecule has 1 radical (unpaired) electrons. The van der Waals surface area contributed by atoms with Crippen molar-refractivity contribution in [1.29, 1.82) is 0 Å². The predicted octanol–water partition coefficient (Wildman–Crippen LogP) is 4.60. The first-order valence-corrected chi connectivity index (χ1v) is 10.2. The minimum atomic E-state index is -1.18. The molecule has 2 aromatic rings. The van der Waals surface area contributed by atoms with E-state index in [1.807, 2.05) is 0 Å². The van der Waals surface area contributed by atoms with E-state index in [4.69, 9.17) is 0 Å². The standard InChI is InChI=1S/C19H22P/c1-20(15-9-3-2-4-10-15)18-13-7-5-11-16(18)17-12-6-8-14-19(17)20/h5-8,11-15H,2-4,9-10H2,1H3. The Labute approximate surface area is 122 Å². The molecule has 0 N–H and O–H groups in total. The molecule has 1 aliphatic carbocycles. The first kappa shape index (κ1) is 12.6. The third-order valence-electron chi connectivity index (χ3n) is 5.40. The monoisotopic (exact) mass is 281 g/mol. The third kappa shape index (κ3) is 1.64. The topological polar surface area (TPSA) is 0 Å². The number of fused-ring (bicyclic) bond motifs is 3. The lowest BCUT2D eigenvalue weighted by Gasteiger charge is -2.41. The van der Waals surface area contributed by atoms with E-state index in [2.05, 4.69) is 55.2 Å². The minimum Gasteiger partial charge on any atom is -0.0687 e. The SMILES string of the molecule is C[P]1(C2CCCCC2)c2ccccc2-c2ccccc21. The maximum Gasteiger partial charge on any atom is -0.0101 e. The van der Waals surface area contributed by atoms with Gasteiger partial charge in [-0.1, -0.05) is 75.1 Å². The summed E-state index contributed by atoms with van der Waals surface area (Å²) in [5, 5.41) is 3.35. The van der Waals surface area contributed by atoms with Crippen molar-refractivity contribution >= 4 is 17.9 Å². The van der Waals surface area contributed by atoms with Gasteiger partial charge in [-0.2, -0.15) is 0 Å². The molecule has 2 aliphatic rings. The van der Waals surface area contributed by atoms with Gasteiger partial charge in [0.05, 0.1) is 0 Å². The predicted molar refractivity (Wildman–Crippen MR) is 90.9 cm³/mol. The number of rotatable bonds is 1. The lowest BCUT2D eigenvalue weighted by atomic mass is 10.0. The molecule has 0 unspecified atom stereocenters. The van der Waals surface area contributed by atoms with Crippen LogP contribution in [0.25, 0.3) is 11.1 Å². The van der Waals surface area contributed by atoms with Gasteiger partial charge in [-0.3, -0.25) is 0 Å². The van der Waals surface area contributed by atoms with Crippen molar-refractivity contribution in [2.75, 3.05) is 6.66 Å². The third-order valence-corrected chi connectivity index (χ3v) is 10.2. The van der Waals surface area contributed by atoms with Crippen LogP contribution < -0.4 is 10.6 Å². The molecule has 0 spiro atoms. The van der Waals surface area contributed by atoms with Gasteiger partial charge in [0.15, 0.2) is 0 Å². The molecule has 0 nitrogen and oxygen atoms in total. The fourth-order valence-corrected chi connectivity index (χ4v) is 8.96. The van der Waals surface area contributed by atoms with Crippen LogP contribution in [0.4, 0.5) is 0 Å². The van der Waals surface area contributed by atoms with Crippen LogP contribution in [0.15, 0.2) is 48.5 Å². The highest BCUT2D eigenvalue weighted by Crippen LogP contribution is 2.66. The van der Waals surface area contributed by atoms with Crippen LogP contribution in [0.3, 0.4) is 0 Å². The number of hydrogen-bond donors (Lipinski definition) is 0. The van der Waals surface area contributed by atoms with Crippen molar-refractivity contribution in [2.24, 2.45) is 0 Å². The van der Waals surface area contributed by atoms with Gasteiger partial charge in [-0.05, 0) is 46.9 Å². The average Bonchev–Trinajstić information content (AvgIpc) is 2.80. The summed E-state index contributed by atoms with van der Waals surface area (Å²) in [6.45, 7) is 2.60. The van der Waals surface area contributed by atoms with Crippen molar-refractivity contribution in [3.63, 3.8) is 0 Å². The molecule has 20 heavy (non-hydrogen) atoms. The fourth-order valence-electron chi connectivity index (χ4n) is 4.33. The Morgan fingerprint density at radius 3 is 1.80 bits per heavy atom. The van der Waals surface area contributed by atoms with Crippen LogP contribution in [0.5, 0.6) is 0 Å². The summed E-state index contributed by atoms with van der Waals surface area (Å²) in [7, 11) is -1.18. The van der Waals surface area contributed by atoms with E-state index in [1.165, 1.54) is 43.2 Å². The molecule has 0 atom stereocenters. The molecule has 103 valence electrons. The van der Waals surface area contributed by atoms with Crippen LogP contribution in [0, 0.1) is 0 Å². The Hall–Kier alpha value is -1.13. The highest BCUT2D eigenvalue weighted by atomic mass is 31.2. The van der Waals surface area contributed by atoms with Crippen LogP contribution in [-0.4, -0.2) is 12.3 Å². The molecular weight excluding hydrogens is 259 g/mol. The highest BCUT2D eigenvalue weighted by Gasteiger charge is 2.42. The second-order valence-electron chi connectivity index (χ2n) is 6.40. The summed E-state index contributed by atoms with van der Waals surface area (Å²) in [5.74, 6) is 0. The molecule has 1 aliphatic heterocycles. The van der Waals surface area contributed by atoms with Gasteiger partial charge in [-0.15, -0.1) is 0 Å². The Morgan fingerprint density at radius 2 is 1.25 bits per heavy atom. The molecule has 0 bridgehead atoms. The first-order valence-electron chi connectivity index (χ1n) is 7.87. The lowest BCUT2D eigenvalue weighted by molar-refractivity contribution is 0.511. The Bertz CT molecular complexity index is 592. The molecule has 1 heteroatoms. The largest absolute Gasteiger partial charge is 0.0687 e. The summed E-state index contributed by atoms with van der Waals surface area (Å²) < 4.78 is 0. The second kappa shape index (κ2) is 4.71. The second-order valence-corrected chi connectivity index (χ2v) is 10.2. The van der Waals surface area contributed by atoms with E-state index in [0.717, 1.165) is 5.66 Å². The molecule has 4 rings (SSSR count). The quantitative estimate of drug-likeness (QED) is 0.670. The van der Waals surface area contributed by atoms with E-state index in [1.54, 1.807) is 10.6 Å². The molecule has 0 saturated heterocycles. The molecular formula is C19H22P. The van der Waals surface area contributed by atoms with Gasteiger partial charge in [-0.25, -0.2) is 0 Å². The van der Waals surface area contributed by atoms with Gasteiger partial charge in [0, 0.05) is 0 Å². The number of hydrogen-bond acceptors (Lipinski definition) is 0. The summed E-state index contributed by atoms with van der Waals surface area (Å²) >= 11 is 0. The molecule has 1 heterocycles. The molecule has 0 aromatic heterocycles. The zero-order chi connectivity index (χ0) is 13.6. The summed E-state index contributed by atoms with van der Waals surface area (Å²) in [5.41, 5.74) is 3.95. The van der Waals surface area contributed by atoms with Crippen molar-refractivity contribution in [3.05, 3.63) is 48.5 Å². The molecule has 1 fully saturated rings. The Kier molecular flexibility index (Phi) is 2.97. The van der Waals surface area contributed by atoms with E-state index < -0.39 is 7.26 Å². The summed E-state index contributed by atoms with van der Waals surface area (Å²) in [4.78, 5) is 0. The van der Waals surface area contributed by atoms with Gasteiger partial charge in [0.25, 0.3) is 0 Å². The zero-order valence-electron chi connectivity index (χ0n) is 12.2. The smallest absolute Gasteiger partial charge is 0.0101 e. The maximum absolute atomic E-state index is 2.60. The van der Waals surface area contributed by atoms with Gasteiger partial charge < -0.3 is 0 Å². The lowest BCUT2D eigenvalue weighted by Crippen LogP contribution is -2.29. The molecule has 1 saturated carbocycles. The molecule has 2 aromatic carbocycles. The summed E-state index contributed by atoms with van der Waals surface area (Å²) in [6.07, 6.45) is 7.19. The molecule has 0 amide bonds. The van der Waals surface area contributed by atoms with Crippen LogP contribution in [0.1, 0.15) is 32.1 Å². The summed E-state index contributed by atoms with van der Waals surface area (Å²) in [6, 6.07) is 18.4. The van der Waals surface area contributed by atoms with Crippen LogP contribution >= 0.6 is 7.26 Å². The highest BCUT2D eigenvalue weighted by molar-refractivity contribution is 7.90. The fraction of sp³-hybridized carbons (Fsp3) is 0.368. The zero-order valence-corrected chi connectivity index (χ0v) is 13.1. The van der Waals surface area contributed by atoms with Crippen LogP contribution in [-0.2, 0) is 0 Å². The van der Waals surface area contributed by atoms with E-state index in [-0.39, 0.29) is 0 Å². The van der Waals surface area contributed by atoms with Crippen molar-refractivity contribution in [2.45, 2.75) is 37.8 Å². The van der Waals surface area contributed by atoms with E-state index in [0.29, 0.717) is 0 Å². The minimum absolute atomic E-state index is 0.918. The maximum atomic E-state index is 2.60. The van der Waals surface area contributed by atoms with Crippen molar-refractivity contribution in [1.82, 2.24) is 0 Å². The van der Waals surface area contributed by atoms with E-state index >= 15 is 0 Å². The van der Waals surface area contributed by atoms with Crippen LogP contribution in [0.2, 0.25) is 0 Å². The van der Waals surface area contributed by atoms with Gasteiger partial charge >= 0.3 is 0 Å². The average molecular weight is 281 g/mol. The normalized spacial score (nSPS) is 20.4.